The maximum absolute atomic E-state index is 10.7. The molecule has 0 bridgehead atoms. The van der Waals surface area contributed by atoms with Gasteiger partial charge in [0.25, 0.3) is 0 Å². The Morgan fingerprint density at radius 2 is 1.81 bits per heavy atom. The van der Waals surface area contributed by atoms with Crippen molar-refractivity contribution >= 4 is 14.3 Å². The maximum Gasteiger partial charge on any atom is 0.325 e. The molecular weight excluding hydrogens is 222 g/mol. The number of benzene rings is 1. The molecule has 4 nitrogen and oxygen atoms in total. The van der Waals surface area contributed by atoms with Gasteiger partial charge in [-0.2, -0.15) is 0 Å². The Balaban J connectivity index is 2.79. The minimum atomic E-state index is -1.61. The molecule has 0 amide bonds. The highest BCUT2D eigenvalue weighted by molar-refractivity contribution is 6.70. The summed E-state index contributed by atoms with van der Waals surface area (Å²) in [5, 5.41) is 8.74. The zero-order valence-corrected chi connectivity index (χ0v) is 10.7. The van der Waals surface area contributed by atoms with Crippen molar-refractivity contribution in [2.45, 2.75) is 25.7 Å². The van der Waals surface area contributed by atoms with E-state index >= 15 is 0 Å². The average molecular weight is 239 g/mol. The van der Waals surface area contributed by atoms with Crippen molar-refractivity contribution in [1.82, 2.24) is 0 Å². The Bertz CT molecular complexity index is 370. The average Bonchev–Trinajstić information content (AvgIpc) is 2.15. The number of hydrogen-bond donors (Lipinski definition) is 2. The van der Waals surface area contributed by atoms with Gasteiger partial charge in [0.15, 0.2) is 0 Å². The van der Waals surface area contributed by atoms with Crippen molar-refractivity contribution in [3.63, 3.8) is 0 Å². The van der Waals surface area contributed by atoms with Crippen LogP contribution in [0.2, 0.25) is 19.6 Å². The van der Waals surface area contributed by atoms with E-state index in [0.29, 0.717) is 5.56 Å². The van der Waals surface area contributed by atoms with Crippen LogP contribution in [0.1, 0.15) is 11.6 Å². The summed E-state index contributed by atoms with van der Waals surface area (Å²) < 4.78 is 5.75. The quantitative estimate of drug-likeness (QED) is 0.788. The van der Waals surface area contributed by atoms with Gasteiger partial charge in [0.05, 0.1) is 0 Å². The molecule has 0 aromatic heterocycles. The number of nitrogens with two attached hydrogens (primary N) is 1. The number of carboxylic acid groups (broad SMARTS) is 1. The second-order valence-electron chi connectivity index (χ2n) is 4.60. The minimum Gasteiger partial charge on any atom is -0.544 e. The van der Waals surface area contributed by atoms with Crippen LogP contribution in [-0.4, -0.2) is 19.4 Å². The van der Waals surface area contributed by atoms with Gasteiger partial charge in [-0.1, -0.05) is 12.1 Å². The first-order valence-electron chi connectivity index (χ1n) is 5.07. The Morgan fingerprint density at radius 1 is 1.31 bits per heavy atom. The van der Waals surface area contributed by atoms with Crippen LogP contribution in [0.25, 0.3) is 0 Å². The van der Waals surface area contributed by atoms with E-state index in [1.54, 1.807) is 24.3 Å². The van der Waals surface area contributed by atoms with E-state index in [4.69, 9.17) is 15.3 Å². The molecule has 1 atom stereocenters. The van der Waals surface area contributed by atoms with Gasteiger partial charge in [-0.05, 0) is 37.3 Å². The molecule has 3 N–H and O–H groups in total. The number of carbonyl (C=O) groups is 1. The van der Waals surface area contributed by atoms with E-state index in [-0.39, 0.29) is 0 Å². The predicted octanol–water partition coefficient (Wildman–Crippen LogP) is 1.98. The molecule has 5 heteroatoms. The van der Waals surface area contributed by atoms with Crippen LogP contribution in [0.4, 0.5) is 0 Å². The van der Waals surface area contributed by atoms with E-state index in [1.165, 1.54) is 0 Å². The third kappa shape index (κ3) is 3.67. The molecule has 88 valence electrons. The fourth-order valence-electron chi connectivity index (χ4n) is 1.24. The van der Waals surface area contributed by atoms with Crippen molar-refractivity contribution in [2.24, 2.45) is 5.73 Å². The highest BCUT2D eigenvalue weighted by atomic mass is 28.4. The highest BCUT2D eigenvalue weighted by Gasteiger charge is 2.17. The van der Waals surface area contributed by atoms with Crippen LogP contribution in [0, 0.1) is 0 Å². The fourth-order valence-corrected chi connectivity index (χ4v) is 2.08. The molecule has 0 aliphatic carbocycles. The predicted molar refractivity (Wildman–Crippen MR) is 65.0 cm³/mol. The molecule has 0 unspecified atom stereocenters. The summed E-state index contributed by atoms with van der Waals surface area (Å²) in [6.45, 7) is 6.26. The third-order valence-corrected chi connectivity index (χ3v) is 2.78. The molecule has 0 saturated carbocycles. The Kier molecular flexibility index (Phi) is 3.72. The van der Waals surface area contributed by atoms with E-state index in [1.807, 2.05) is 0 Å². The van der Waals surface area contributed by atoms with Crippen LogP contribution < -0.4 is 10.2 Å². The fraction of sp³-hybridized carbons (Fsp3) is 0.364. The summed E-state index contributed by atoms with van der Waals surface area (Å²) in [6, 6.07) is 5.93. The summed E-state index contributed by atoms with van der Waals surface area (Å²) in [5.74, 6) is -0.264. The molecule has 1 aromatic carbocycles. The normalized spacial score (nSPS) is 13.2. The highest BCUT2D eigenvalue weighted by Crippen LogP contribution is 2.19. The third-order valence-electron chi connectivity index (χ3n) is 1.93. The summed E-state index contributed by atoms with van der Waals surface area (Å²) in [6.07, 6.45) is 0. The van der Waals surface area contributed by atoms with Gasteiger partial charge < -0.3 is 15.3 Å². The van der Waals surface area contributed by atoms with Gasteiger partial charge >= 0.3 is 5.97 Å². The molecule has 0 saturated heterocycles. The standard InChI is InChI=1S/C11H17NO3Si/c1-16(2,3)15-9-6-4-8(5-7-9)10(12)11(13)14/h4-7,10H,12H2,1-3H3,(H,13,14)/t10-/m0/s1. The van der Waals surface area contributed by atoms with Gasteiger partial charge in [0, 0.05) is 0 Å². The SMILES string of the molecule is C[Si](C)(C)Oc1ccc([C@H](N)C(=O)O)cc1. The van der Waals surface area contributed by atoms with Crippen molar-refractivity contribution in [2.75, 3.05) is 0 Å². The Hall–Kier alpha value is -1.33. The number of rotatable bonds is 4. The van der Waals surface area contributed by atoms with Gasteiger partial charge in [-0.15, -0.1) is 0 Å². The van der Waals surface area contributed by atoms with Crippen LogP contribution in [0.3, 0.4) is 0 Å². The van der Waals surface area contributed by atoms with Crippen molar-refractivity contribution < 1.29 is 14.3 Å². The molecule has 0 fully saturated rings. The number of carboxylic acids is 1. The molecule has 1 rings (SSSR count). The number of aliphatic carboxylic acids is 1. The lowest BCUT2D eigenvalue weighted by Crippen LogP contribution is -2.29. The molecule has 0 aliphatic heterocycles. The van der Waals surface area contributed by atoms with Gasteiger partial charge in [-0.25, -0.2) is 0 Å². The Morgan fingerprint density at radius 3 is 2.19 bits per heavy atom. The second kappa shape index (κ2) is 4.67. The van der Waals surface area contributed by atoms with E-state index in [9.17, 15) is 4.79 Å². The van der Waals surface area contributed by atoms with Crippen LogP contribution >= 0.6 is 0 Å². The first kappa shape index (κ1) is 12.7. The lowest BCUT2D eigenvalue weighted by molar-refractivity contribution is -0.138. The number of hydrogen-bond acceptors (Lipinski definition) is 3. The maximum atomic E-state index is 10.7. The van der Waals surface area contributed by atoms with Gasteiger partial charge in [-0.3, -0.25) is 4.79 Å². The molecular formula is C11H17NO3Si. The monoisotopic (exact) mass is 239 g/mol. The zero-order valence-electron chi connectivity index (χ0n) is 9.73. The molecule has 0 heterocycles. The van der Waals surface area contributed by atoms with Crippen molar-refractivity contribution in [3.05, 3.63) is 29.8 Å². The molecule has 0 radical (unpaired) electrons. The summed E-state index contributed by atoms with van der Waals surface area (Å²) in [5.41, 5.74) is 6.06. The second-order valence-corrected chi connectivity index (χ2v) is 9.03. The molecule has 0 aliphatic rings. The summed E-state index contributed by atoms with van der Waals surface area (Å²) >= 11 is 0. The summed E-state index contributed by atoms with van der Waals surface area (Å²) in [4.78, 5) is 10.7. The minimum absolute atomic E-state index is 0.579. The van der Waals surface area contributed by atoms with Crippen molar-refractivity contribution in [3.8, 4) is 5.75 Å². The van der Waals surface area contributed by atoms with Crippen LogP contribution in [0.15, 0.2) is 24.3 Å². The first-order valence-corrected chi connectivity index (χ1v) is 8.48. The van der Waals surface area contributed by atoms with E-state index < -0.39 is 20.3 Å². The topological polar surface area (TPSA) is 72.5 Å². The van der Waals surface area contributed by atoms with Crippen LogP contribution in [0.5, 0.6) is 5.75 Å². The van der Waals surface area contributed by atoms with Crippen LogP contribution in [-0.2, 0) is 4.79 Å². The van der Waals surface area contributed by atoms with Gasteiger partial charge in [0.1, 0.15) is 11.8 Å². The van der Waals surface area contributed by atoms with Gasteiger partial charge in [0.2, 0.25) is 8.32 Å². The van der Waals surface area contributed by atoms with E-state index in [2.05, 4.69) is 19.6 Å². The lowest BCUT2D eigenvalue weighted by Gasteiger charge is -2.19. The molecule has 16 heavy (non-hydrogen) atoms. The summed E-state index contributed by atoms with van der Waals surface area (Å²) in [7, 11) is -1.61. The van der Waals surface area contributed by atoms with Crippen molar-refractivity contribution in [1.29, 1.82) is 0 Å². The first-order chi connectivity index (χ1) is 7.29. The molecule has 1 aromatic rings. The lowest BCUT2D eigenvalue weighted by atomic mass is 10.1. The Labute approximate surface area is 96.2 Å². The zero-order chi connectivity index (χ0) is 12.3. The molecule has 0 spiro atoms. The van der Waals surface area contributed by atoms with E-state index in [0.717, 1.165) is 5.75 Å². The largest absolute Gasteiger partial charge is 0.544 e. The smallest absolute Gasteiger partial charge is 0.325 e.